The van der Waals surface area contributed by atoms with Crippen LogP contribution in [-0.4, -0.2) is 4.87 Å². The second-order valence-corrected chi connectivity index (χ2v) is 7.24. The lowest BCUT2D eigenvalue weighted by atomic mass is 9.49. The van der Waals surface area contributed by atoms with E-state index in [1.807, 2.05) is 0 Å². The number of halogens is 1. The molecule has 0 amide bonds. The third-order valence-electron chi connectivity index (χ3n) is 5.04. The molecule has 0 saturated heterocycles. The van der Waals surface area contributed by atoms with Gasteiger partial charge >= 0.3 is 0 Å². The Kier molecular flexibility index (Phi) is 1.97. The lowest BCUT2D eigenvalue weighted by Gasteiger charge is -2.59. The van der Waals surface area contributed by atoms with Crippen molar-refractivity contribution < 1.29 is 0 Å². The van der Waals surface area contributed by atoms with E-state index in [9.17, 15) is 0 Å². The second-order valence-electron chi connectivity index (χ2n) is 6.44. The average molecular weight is 213 g/mol. The van der Waals surface area contributed by atoms with Crippen LogP contribution in [0.1, 0.15) is 46.0 Å². The van der Waals surface area contributed by atoms with Gasteiger partial charge < -0.3 is 0 Å². The van der Waals surface area contributed by atoms with Crippen LogP contribution >= 0.6 is 11.6 Å². The van der Waals surface area contributed by atoms with Crippen molar-refractivity contribution in [2.24, 2.45) is 29.6 Å². The minimum atomic E-state index is 0.238. The Labute approximate surface area is 92.4 Å². The lowest BCUT2D eigenvalue weighted by Crippen LogP contribution is -2.53. The summed E-state index contributed by atoms with van der Waals surface area (Å²) in [5, 5.41) is 0. The summed E-state index contributed by atoms with van der Waals surface area (Å²) in [4.78, 5) is 0.238. The first kappa shape index (κ1) is 9.51. The van der Waals surface area contributed by atoms with Gasteiger partial charge in [-0.3, -0.25) is 0 Å². The summed E-state index contributed by atoms with van der Waals surface area (Å²) in [6.07, 6.45) is 6.96. The Morgan fingerprint density at radius 1 is 1.07 bits per heavy atom. The first-order valence-corrected chi connectivity index (χ1v) is 6.64. The van der Waals surface area contributed by atoms with Gasteiger partial charge in [-0.2, -0.15) is 0 Å². The van der Waals surface area contributed by atoms with Gasteiger partial charge in [0.1, 0.15) is 0 Å². The molecule has 4 bridgehead atoms. The van der Waals surface area contributed by atoms with Crippen molar-refractivity contribution in [2.75, 3.05) is 0 Å². The van der Waals surface area contributed by atoms with Crippen LogP contribution in [0.3, 0.4) is 0 Å². The van der Waals surface area contributed by atoms with Crippen molar-refractivity contribution in [2.45, 2.75) is 50.8 Å². The molecule has 0 spiro atoms. The van der Waals surface area contributed by atoms with Crippen molar-refractivity contribution in [1.82, 2.24) is 0 Å². The molecule has 4 aliphatic carbocycles. The molecule has 0 nitrogen and oxygen atoms in total. The first-order chi connectivity index (χ1) is 6.57. The molecule has 0 N–H and O–H groups in total. The molecule has 4 rings (SSSR count). The highest BCUT2D eigenvalue weighted by Gasteiger charge is 2.54. The van der Waals surface area contributed by atoms with E-state index in [1.165, 1.54) is 32.1 Å². The van der Waals surface area contributed by atoms with E-state index >= 15 is 0 Å². The molecule has 80 valence electrons. The Bertz CT molecular complexity index is 230. The highest BCUT2D eigenvalue weighted by atomic mass is 35.5. The van der Waals surface area contributed by atoms with E-state index in [0.717, 1.165) is 29.6 Å². The molecule has 4 saturated carbocycles. The standard InChI is InChI=1S/C13H21Cl/c1-8(2)12-10-3-9-4-11(12)7-13(14,5-9)6-10/h8-12H,3-7H2,1-2H3. The third-order valence-corrected chi connectivity index (χ3v) is 5.50. The van der Waals surface area contributed by atoms with Gasteiger partial charge in [-0.25, -0.2) is 0 Å². The summed E-state index contributed by atoms with van der Waals surface area (Å²) in [6, 6.07) is 0. The molecule has 4 aliphatic rings. The van der Waals surface area contributed by atoms with Crippen molar-refractivity contribution in [1.29, 1.82) is 0 Å². The predicted octanol–water partition coefficient (Wildman–Crippen LogP) is 4.08. The Hall–Kier alpha value is 0.290. The van der Waals surface area contributed by atoms with Gasteiger partial charge in [0, 0.05) is 4.87 Å². The molecule has 1 heteroatoms. The molecule has 0 aliphatic heterocycles. The summed E-state index contributed by atoms with van der Waals surface area (Å²) in [5.74, 6) is 4.81. The van der Waals surface area contributed by atoms with Gasteiger partial charge in [0.05, 0.1) is 0 Å². The fourth-order valence-corrected chi connectivity index (χ4v) is 5.67. The van der Waals surface area contributed by atoms with Gasteiger partial charge in [0.15, 0.2) is 0 Å². The van der Waals surface area contributed by atoms with E-state index in [-0.39, 0.29) is 4.87 Å². The molecule has 2 atom stereocenters. The van der Waals surface area contributed by atoms with Crippen LogP contribution < -0.4 is 0 Å². The zero-order valence-electron chi connectivity index (χ0n) is 9.30. The Morgan fingerprint density at radius 2 is 1.64 bits per heavy atom. The van der Waals surface area contributed by atoms with Crippen molar-refractivity contribution in [3.05, 3.63) is 0 Å². The number of rotatable bonds is 1. The predicted molar refractivity (Wildman–Crippen MR) is 60.5 cm³/mol. The number of alkyl halides is 1. The van der Waals surface area contributed by atoms with Crippen LogP contribution in [0.2, 0.25) is 0 Å². The molecule has 0 radical (unpaired) electrons. The summed E-state index contributed by atoms with van der Waals surface area (Å²) in [7, 11) is 0. The Balaban J connectivity index is 1.89. The highest BCUT2D eigenvalue weighted by Crippen LogP contribution is 2.61. The number of hydrogen-bond donors (Lipinski definition) is 0. The molecular formula is C13H21Cl. The van der Waals surface area contributed by atoms with Crippen LogP contribution in [0.15, 0.2) is 0 Å². The second kappa shape index (κ2) is 2.90. The fourth-order valence-electron chi connectivity index (χ4n) is 5.05. The zero-order valence-corrected chi connectivity index (χ0v) is 10.1. The number of hydrogen-bond acceptors (Lipinski definition) is 0. The maximum absolute atomic E-state index is 6.70. The summed E-state index contributed by atoms with van der Waals surface area (Å²) < 4.78 is 0. The van der Waals surface area contributed by atoms with Crippen LogP contribution in [0.5, 0.6) is 0 Å². The fraction of sp³-hybridized carbons (Fsp3) is 1.00. The quantitative estimate of drug-likeness (QED) is 0.575. The van der Waals surface area contributed by atoms with E-state index in [0.29, 0.717) is 0 Å². The van der Waals surface area contributed by atoms with Gasteiger partial charge in [0.25, 0.3) is 0 Å². The monoisotopic (exact) mass is 212 g/mol. The molecule has 0 aromatic rings. The SMILES string of the molecule is CC(C)C1C2CC3CC1CC(Cl)(C3)C2. The van der Waals surface area contributed by atoms with Gasteiger partial charge in [-0.1, -0.05) is 13.8 Å². The van der Waals surface area contributed by atoms with E-state index in [4.69, 9.17) is 11.6 Å². The molecule has 2 unspecified atom stereocenters. The summed E-state index contributed by atoms with van der Waals surface area (Å²) in [5.41, 5.74) is 0. The van der Waals surface area contributed by atoms with Gasteiger partial charge in [-0.05, 0) is 61.7 Å². The first-order valence-electron chi connectivity index (χ1n) is 6.26. The molecule has 0 aromatic carbocycles. The molecule has 14 heavy (non-hydrogen) atoms. The maximum Gasteiger partial charge on any atom is 0.0455 e. The van der Waals surface area contributed by atoms with E-state index in [2.05, 4.69) is 13.8 Å². The molecular weight excluding hydrogens is 192 g/mol. The summed E-state index contributed by atoms with van der Waals surface area (Å²) in [6.45, 7) is 4.82. The maximum atomic E-state index is 6.70. The van der Waals surface area contributed by atoms with Crippen molar-refractivity contribution in [3.63, 3.8) is 0 Å². The Morgan fingerprint density at radius 3 is 2.07 bits per heavy atom. The van der Waals surface area contributed by atoms with Crippen LogP contribution in [0, 0.1) is 29.6 Å². The minimum Gasteiger partial charge on any atom is -0.119 e. The van der Waals surface area contributed by atoms with Crippen LogP contribution in [0.25, 0.3) is 0 Å². The summed E-state index contributed by atoms with van der Waals surface area (Å²) >= 11 is 6.70. The van der Waals surface area contributed by atoms with Gasteiger partial charge in [-0.15, -0.1) is 11.6 Å². The van der Waals surface area contributed by atoms with Crippen LogP contribution in [-0.2, 0) is 0 Å². The van der Waals surface area contributed by atoms with Crippen LogP contribution in [0.4, 0.5) is 0 Å². The smallest absolute Gasteiger partial charge is 0.0455 e. The van der Waals surface area contributed by atoms with Crippen molar-refractivity contribution >= 4 is 11.6 Å². The average Bonchev–Trinajstić information content (AvgIpc) is 1.97. The third kappa shape index (κ3) is 1.26. The minimum absolute atomic E-state index is 0.238. The van der Waals surface area contributed by atoms with Crippen molar-refractivity contribution in [3.8, 4) is 0 Å². The lowest BCUT2D eigenvalue weighted by molar-refractivity contribution is -0.0438. The molecule has 0 aromatic heterocycles. The van der Waals surface area contributed by atoms with E-state index < -0.39 is 0 Å². The highest BCUT2D eigenvalue weighted by molar-refractivity contribution is 6.24. The largest absolute Gasteiger partial charge is 0.119 e. The topological polar surface area (TPSA) is 0 Å². The van der Waals surface area contributed by atoms with E-state index in [1.54, 1.807) is 0 Å². The van der Waals surface area contributed by atoms with Gasteiger partial charge in [0.2, 0.25) is 0 Å². The molecule has 4 fully saturated rings. The normalized spacial score (nSPS) is 55.7. The molecule has 0 heterocycles. The zero-order chi connectivity index (χ0) is 9.92.